The van der Waals surface area contributed by atoms with Crippen molar-refractivity contribution < 1.29 is 0 Å². The van der Waals surface area contributed by atoms with E-state index in [2.05, 4.69) is 28.3 Å². The summed E-state index contributed by atoms with van der Waals surface area (Å²) >= 11 is 0. The summed E-state index contributed by atoms with van der Waals surface area (Å²) in [5.41, 5.74) is 13.7. The Hall–Kier alpha value is -1.62. The number of hydrogen-bond acceptors (Lipinski definition) is 5. The van der Waals surface area contributed by atoms with Crippen LogP contribution in [0.5, 0.6) is 0 Å². The Balaban J connectivity index is 2.37. The van der Waals surface area contributed by atoms with E-state index in [4.69, 9.17) is 11.5 Å². The fourth-order valence-electron chi connectivity index (χ4n) is 2.17. The average molecular weight is 219 g/mol. The monoisotopic (exact) mass is 219 g/mol. The van der Waals surface area contributed by atoms with Crippen LogP contribution in [0.15, 0.2) is 33.3 Å². The van der Waals surface area contributed by atoms with E-state index >= 15 is 0 Å². The van der Waals surface area contributed by atoms with Crippen LogP contribution in [0, 0.1) is 5.92 Å². The van der Waals surface area contributed by atoms with Crippen molar-refractivity contribution in [3.05, 3.63) is 23.3 Å². The van der Waals surface area contributed by atoms with Gasteiger partial charge in [-0.3, -0.25) is 0 Å². The van der Waals surface area contributed by atoms with Gasteiger partial charge in [0.2, 0.25) is 5.96 Å². The van der Waals surface area contributed by atoms with Gasteiger partial charge in [0.1, 0.15) is 11.9 Å². The zero-order valence-corrected chi connectivity index (χ0v) is 9.57. The number of rotatable bonds is 2. The lowest BCUT2D eigenvalue weighted by Gasteiger charge is -2.27. The summed E-state index contributed by atoms with van der Waals surface area (Å²) in [6.45, 7) is 2.97. The van der Waals surface area contributed by atoms with Crippen LogP contribution in [-0.4, -0.2) is 31.4 Å². The molecule has 0 aromatic carbocycles. The largest absolute Gasteiger partial charge is 0.383 e. The maximum atomic E-state index is 5.91. The highest BCUT2D eigenvalue weighted by atomic mass is 15.1. The van der Waals surface area contributed by atoms with Gasteiger partial charge in [0.05, 0.1) is 0 Å². The molecule has 86 valence electrons. The van der Waals surface area contributed by atoms with Gasteiger partial charge in [-0.2, -0.15) is 4.99 Å². The minimum absolute atomic E-state index is 0.0504. The highest BCUT2D eigenvalue weighted by molar-refractivity contribution is 6.08. The summed E-state index contributed by atoms with van der Waals surface area (Å²) in [5, 5.41) is 3.16. The molecule has 5 nitrogen and oxygen atoms in total. The fourth-order valence-corrected chi connectivity index (χ4v) is 2.17. The van der Waals surface area contributed by atoms with E-state index < -0.39 is 0 Å². The van der Waals surface area contributed by atoms with Crippen LogP contribution in [0.3, 0.4) is 0 Å². The van der Waals surface area contributed by atoms with Crippen molar-refractivity contribution in [2.75, 3.05) is 13.6 Å². The lowest BCUT2D eigenvalue weighted by Crippen LogP contribution is -2.35. The van der Waals surface area contributed by atoms with E-state index in [1.54, 1.807) is 0 Å². The summed E-state index contributed by atoms with van der Waals surface area (Å²) in [5.74, 6) is 1.12. The lowest BCUT2D eigenvalue weighted by molar-refractivity contribution is 0.649. The third kappa shape index (κ3) is 1.74. The second-order valence-corrected chi connectivity index (χ2v) is 4.07. The van der Waals surface area contributed by atoms with Gasteiger partial charge in [-0.25, -0.2) is 4.99 Å². The molecular formula is C11H17N5. The maximum Gasteiger partial charge on any atom is 0.218 e. The molecule has 5 N–H and O–H groups in total. The van der Waals surface area contributed by atoms with E-state index in [1.807, 2.05) is 13.1 Å². The third-order valence-electron chi connectivity index (χ3n) is 3.01. The Bertz CT molecular complexity index is 416. The molecule has 0 fully saturated rings. The van der Waals surface area contributed by atoms with Crippen molar-refractivity contribution in [2.24, 2.45) is 27.4 Å². The number of guanidine groups is 1. The van der Waals surface area contributed by atoms with Crippen LogP contribution in [0.1, 0.15) is 6.92 Å². The first-order valence-electron chi connectivity index (χ1n) is 5.35. The molecule has 5 heteroatoms. The van der Waals surface area contributed by atoms with Gasteiger partial charge in [-0.05, 0) is 14.0 Å². The molecule has 0 saturated carbocycles. The molecule has 2 unspecified atom stereocenters. The summed E-state index contributed by atoms with van der Waals surface area (Å²) in [7, 11) is 1.94. The van der Waals surface area contributed by atoms with E-state index in [1.165, 1.54) is 5.57 Å². The Labute approximate surface area is 95.0 Å². The first kappa shape index (κ1) is 10.9. The Morgan fingerprint density at radius 3 is 2.81 bits per heavy atom. The number of nitrogens with two attached hydrogens (primary N) is 2. The molecule has 2 rings (SSSR count). The summed E-state index contributed by atoms with van der Waals surface area (Å²) < 4.78 is 0. The highest BCUT2D eigenvalue weighted by Crippen LogP contribution is 2.28. The summed E-state index contributed by atoms with van der Waals surface area (Å²) in [6.07, 6.45) is 4.19. The molecule has 0 radical (unpaired) electrons. The maximum absolute atomic E-state index is 5.91. The molecule has 0 bridgehead atoms. The first-order chi connectivity index (χ1) is 7.63. The molecule has 0 spiro atoms. The van der Waals surface area contributed by atoms with Crippen LogP contribution in [0.4, 0.5) is 0 Å². The van der Waals surface area contributed by atoms with Crippen molar-refractivity contribution >= 4 is 11.8 Å². The van der Waals surface area contributed by atoms with Crippen LogP contribution in [0.2, 0.25) is 0 Å². The van der Waals surface area contributed by atoms with Gasteiger partial charge in [0.15, 0.2) is 0 Å². The van der Waals surface area contributed by atoms with E-state index in [0.717, 1.165) is 12.1 Å². The molecule has 1 aliphatic heterocycles. The average Bonchev–Trinajstić information content (AvgIpc) is 2.21. The van der Waals surface area contributed by atoms with Gasteiger partial charge < -0.3 is 16.8 Å². The summed E-state index contributed by atoms with van der Waals surface area (Å²) in [4.78, 5) is 8.28. The van der Waals surface area contributed by atoms with Gasteiger partial charge in [0, 0.05) is 18.0 Å². The zero-order chi connectivity index (χ0) is 11.7. The molecule has 2 aliphatic rings. The standard InChI is InChI=1S/C11H17N5/c1-6-7(5-14-2)3-4-8-9(6)10(12)16-11(13)15-8/h3-4,7-8,14H,5H2,1-2H3,(H4,12,13,15,16). The smallest absolute Gasteiger partial charge is 0.218 e. The minimum Gasteiger partial charge on any atom is -0.383 e. The second-order valence-electron chi connectivity index (χ2n) is 4.07. The molecule has 0 amide bonds. The van der Waals surface area contributed by atoms with Crippen molar-refractivity contribution in [2.45, 2.75) is 13.0 Å². The predicted molar refractivity (Wildman–Crippen MR) is 66.3 cm³/mol. The Morgan fingerprint density at radius 1 is 1.38 bits per heavy atom. The molecule has 2 atom stereocenters. The minimum atomic E-state index is -0.0504. The molecule has 1 heterocycles. The van der Waals surface area contributed by atoms with Crippen LogP contribution < -0.4 is 16.8 Å². The van der Waals surface area contributed by atoms with Crippen molar-refractivity contribution in [3.63, 3.8) is 0 Å². The molecule has 0 saturated heterocycles. The molecular weight excluding hydrogens is 202 g/mol. The predicted octanol–water partition coefficient (Wildman–Crippen LogP) is -0.238. The van der Waals surface area contributed by atoms with Crippen LogP contribution >= 0.6 is 0 Å². The quantitative estimate of drug-likeness (QED) is 0.560. The van der Waals surface area contributed by atoms with E-state index in [-0.39, 0.29) is 12.0 Å². The lowest BCUT2D eigenvalue weighted by atomic mass is 9.85. The van der Waals surface area contributed by atoms with Gasteiger partial charge >= 0.3 is 0 Å². The van der Waals surface area contributed by atoms with Gasteiger partial charge in [0.25, 0.3) is 0 Å². The van der Waals surface area contributed by atoms with E-state index in [0.29, 0.717) is 11.8 Å². The van der Waals surface area contributed by atoms with Crippen molar-refractivity contribution in [1.82, 2.24) is 5.32 Å². The third-order valence-corrected chi connectivity index (χ3v) is 3.01. The fraction of sp³-hybridized carbons (Fsp3) is 0.455. The number of amidine groups is 1. The number of hydrogen-bond donors (Lipinski definition) is 3. The van der Waals surface area contributed by atoms with E-state index in [9.17, 15) is 0 Å². The zero-order valence-electron chi connectivity index (χ0n) is 9.57. The van der Waals surface area contributed by atoms with Crippen molar-refractivity contribution in [1.29, 1.82) is 0 Å². The number of fused-ring (bicyclic) bond motifs is 1. The second kappa shape index (κ2) is 4.09. The normalized spacial score (nSPS) is 28.6. The molecule has 1 aliphatic carbocycles. The summed E-state index contributed by atoms with van der Waals surface area (Å²) in [6, 6.07) is -0.0504. The Morgan fingerprint density at radius 2 is 2.12 bits per heavy atom. The van der Waals surface area contributed by atoms with Crippen LogP contribution in [0.25, 0.3) is 0 Å². The number of nitrogens with zero attached hydrogens (tertiary/aromatic N) is 2. The molecule has 0 aromatic heterocycles. The Kier molecular flexibility index (Phi) is 2.78. The molecule has 0 aromatic rings. The van der Waals surface area contributed by atoms with Crippen LogP contribution in [-0.2, 0) is 0 Å². The number of aliphatic imine (C=N–C) groups is 2. The first-order valence-corrected chi connectivity index (χ1v) is 5.35. The highest BCUT2D eigenvalue weighted by Gasteiger charge is 2.27. The van der Waals surface area contributed by atoms with Gasteiger partial charge in [-0.1, -0.05) is 17.7 Å². The number of nitrogens with one attached hydrogen (secondary N) is 1. The SMILES string of the molecule is CNCC1C=CC2N=C(N)N=C(N)C2=C1C. The van der Waals surface area contributed by atoms with Crippen molar-refractivity contribution in [3.8, 4) is 0 Å². The molecule has 16 heavy (non-hydrogen) atoms. The van der Waals surface area contributed by atoms with Gasteiger partial charge in [-0.15, -0.1) is 0 Å². The topological polar surface area (TPSA) is 88.8 Å².